The molecule has 0 aliphatic rings. The molecule has 0 aliphatic heterocycles. The van der Waals surface area contributed by atoms with E-state index in [-0.39, 0.29) is 18.6 Å². The van der Waals surface area contributed by atoms with Gasteiger partial charge < -0.3 is 10.1 Å². The maximum absolute atomic E-state index is 12.2. The number of aromatic nitrogens is 1. The Morgan fingerprint density at radius 3 is 2.31 bits per heavy atom. The number of hydrogen-bond acceptors (Lipinski definition) is 4. The molecule has 3 aromatic rings. The fourth-order valence-electron chi connectivity index (χ4n) is 2.61. The van der Waals surface area contributed by atoms with E-state index in [1.54, 1.807) is 60.9 Å². The van der Waals surface area contributed by atoms with Crippen LogP contribution in [0.15, 0.2) is 73.1 Å². The van der Waals surface area contributed by atoms with Crippen molar-refractivity contribution in [3.05, 3.63) is 94.8 Å². The lowest BCUT2D eigenvalue weighted by atomic mass is 10.1. The second kappa shape index (κ2) is 9.71. The quantitative estimate of drug-likeness (QED) is 0.602. The van der Waals surface area contributed by atoms with Crippen LogP contribution in [-0.4, -0.2) is 17.0 Å². The van der Waals surface area contributed by atoms with Crippen LogP contribution in [0.2, 0.25) is 5.02 Å². The minimum atomic E-state index is -0.549. The SMILES string of the molecule is C[C@H](NC(=O)c1ccncc1)c1ccc(NC(=O)OCc2ccc(Cl)cc2)cc1. The van der Waals surface area contributed by atoms with Gasteiger partial charge >= 0.3 is 6.09 Å². The molecule has 1 heterocycles. The number of carbonyl (C=O) groups excluding carboxylic acids is 2. The van der Waals surface area contributed by atoms with Gasteiger partial charge in [0.05, 0.1) is 6.04 Å². The summed E-state index contributed by atoms with van der Waals surface area (Å²) in [5.41, 5.74) is 2.90. The predicted octanol–water partition coefficient (Wildman–Crippen LogP) is 4.97. The summed E-state index contributed by atoms with van der Waals surface area (Å²) in [7, 11) is 0. The van der Waals surface area contributed by atoms with Crippen molar-refractivity contribution >= 4 is 29.3 Å². The molecule has 0 radical (unpaired) electrons. The first-order valence-corrected chi connectivity index (χ1v) is 9.38. The molecule has 0 spiro atoms. The highest BCUT2D eigenvalue weighted by Gasteiger charge is 2.12. The van der Waals surface area contributed by atoms with Gasteiger partial charge in [0.1, 0.15) is 6.61 Å². The van der Waals surface area contributed by atoms with Gasteiger partial charge in [0.2, 0.25) is 0 Å². The Morgan fingerprint density at radius 1 is 1.00 bits per heavy atom. The summed E-state index contributed by atoms with van der Waals surface area (Å²) in [6.07, 6.45) is 2.60. The summed E-state index contributed by atoms with van der Waals surface area (Å²) in [4.78, 5) is 28.1. The van der Waals surface area contributed by atoms with E-state index in [0.717, 1.165) is 11.1 Å². The third-order valence-electron chi connectivity index (χ3n) is 4.23. The molecular weight excluding hydrogens is 390 g/mol. The number of rotatable bonds is 6. The van der Waals surface area contributed by atoms with Crippen molar-refractivity contribution in [2.24, 2.45) is 0 Å². The molecule has 1 aromatic heterocycles. The second-order valence-corrected chi connectivity index (χ2v) is 6.82. The van der Waals surface area contributed by atoms with E-state index in [1.165, 1.54) is 0 Å². The Morgan fingerprint density at radius 2 is 1.66 bits per heavy atom. The number of halogens is 1. The first-order valence-electron chi connectivity index (χ1n) is 9.00. The van der Waals surface area contributed by atoms with E-state index < -0.39 is 6.09 Å². The van der Waals surface area contributed by atoms with Gasteiger partial charge in [0.25, 0.3) is 5.91 Å². The first kappa shape index (κ1) is 20.4. The van der Waals surface area contributed by atoms with Gasteiger partial charge in [-0.3, -0.25) is 15.1 Å². The molecule has 3 rings (SSSR count). The molecule has 0 unspecified atom stereocenters. The summed E-state index contributed by atoms with van der Waals surface area (Å²) in [6.45, 7) is 2.04. The molecule has 6 nitrogen and oxygen atoms in total. The van der Waals surface area contributed by atoms with Crippen molar-refractivity contribution in [3.8, 4) is 0 Å². The van der Waals surface area contributed by atoms with Crippen LogP contribution < -0.4 is 10.6 Å². The molecule has 0 saturated carbocycles. The number of amides is 2. The number of carbonyl (C=O) groups is 2. The van der Waals surface area contributed by atoms with Gasteiger partial charge in [-0.1, -0.05) is 35.9 Å². The normalized spacial score (nSPS) is 11.4. The van der Waals surface area contributed by atoms with Crippen molar-refractivity contribution < 1.29 is 14.3 Å². The van der Waals surface area contributed by atoms with Crippen LogP contribution in [0.4, 0.5) is 10.5 Å². The van der Waals surface area contributed by atoms with Crippen LogP contribution in [0.3, 0.4) is 0 Å². The maximum atomic E-state index is 12.2. The van der Waals surface area contributed by atoms with Crippen molar-refractivity contribution in [2.75, 3.05) is 5.32 Å². The lowest BCUT2D eigenvalue weighted by Gasteiger charge is -2.15. The van der Waals surface area contributed by atoms with Gasteiger partial charge in [0.15, 0.2) is 0 Å². The zero-order valence-electron chi connectivity index (χ0n) is 15.8. The molecule has 2 amide bonds. The summed E-state index contributed by atoms with van der Waals surface area (Å²) in [5, 5.41) is 6.23. The molecule has 29 heavy (non-hydrogen) atoms. The van der Waals surface area contributed by atoms with E-state index in [0.29, 0.717) is 16.3 Å². The zero-order chi connectivity index (χ0) is 20.6. The molecule has 1 atom stereocenters. The van der Waals surface area contributed by atoms with Gasteiger partial charge in [0, 0.05) is 28.7 Å². The second-order valence-electron chi connectivity index (χ2n) is 6.38. The van der Waals surface area contributed by atoms with Gasteiger partial charge in [-0.05, 0) is 54.4 Å². The van der Waals surface area contributed by atoms with Crippen molar-refractivity contribution in [3.63, 3.8) is 0 Å². The molecular formula is C22H20ClN3O3. The van der Waals surface area contributed by atoms with Gasteiger partial charge in [-0.25, -0.2) is 4.79 Å². The number of ether oxygens (including phenoxy) is 1. The summed E-state index contributed by atoms with van der Waals surface area (Å²) < 4.78 is 5.20. The molecule has 0 saturated heterocycles. The van der Waals surface area contributed by atoms with Crippen LogP contribution in [0.1, 0.15) is 34.5 Å². The van der Waals surface area contributed by atoms with Gasteiger partial charge in [-0.2, -0.15) is 0 Å². The van der Waals surface area contributed by atoms with Crippen LogP contribution in [0.5, 0.6) is 0 Å². The fraction of sp³-hybridized carbons (Fsp3) is 0.136. The Kier molecular flexibility index (Phi) is 6.81. The van der Waals surface area contributed by atoms with Crippen LogP contribution in [0, 0.1) is 0 Å². The van der Waals surface area contributed by atoms with Crippen LogP contribution in [-0.2, 0) is 11.3 Å². The molecule has 7 heteroatoms. The number of benzene rings is 2. The number of anilines is 1. The standard InChI is InChI=1S/C22H20ClN3O3/c1-15(25-21(27)18-10-12-24-13-11-18)17-4-8-20(9-5-17)26-22(28)29-14-16-2-6-19(23)7-3-16/h2-13,15H,14H2,1H3,(H,25,27)(H,26,28)/t15-/m0/s1. The van der Waals surface area contributed by atoms with E-state index in [9.17, 15) is 9.59 Å². The predicted molar refractivity (Wildman–Crippen MR) is 112 cm³/mol. The molecule has 148 valence electrons. The topological polar surface area (TPSA) is 80.3 Å². The smallest absolute Gasteiger partial charge is 0.411 e. The van der Waals surface area contributed by atoms with Crippen molar-refractivity contribution in [2.45, 2.75) is 19.6 Å². The molecule has 0 bridgehead atoms. The summed E-state index contributed by atoms with van der Waals surface area (Å²) >= 11 is 5.83. The van der Waals surface area contributed by atoms with Crippen molar-refractivity contribution in [1.29, 1.82) is 0 Å². The highest BCUT2D eigenvalue weighted by atomic mass is 35.5. The fourth-order valence-corrected chi connectivity index (χ4v) is 2.73. The summed E-state index contributed by atoms with van der Waals surface area (Å²) in [5.74, 6) is -0.173. The Labute approximate surface area is 173 Å². The molecule has 2 aromatic carbocycles. The number of pyridine rings is 1. The first-order chi connectivity index (χ1) is 14.0. The van der Waals surface area contributed by atoms with Crippen LogP contribution in [0.25, 0.3) is 0 Å². The average molecular weight is 410 g/mol. The number of hydrogen-bond donors (Lipinski definition) is 2. The lowest BCUT2D eigenvalue weighted by molar-refractivity contribution is 0.0939. The lowest BCUT2D eigenvalue weighted by Crippen LogP contribution is -2.26. The molecule has 0 fully saturated rings. The number of nitrogens with zero attached hydrogens (tertiary/aromatic N) is 1. The average Bonchev–Trinajstić information content (AvgIpc) is 2.74. The number of nitrogens with one attached hydrogen (secondary N) is 2. The minimum absolute atomic E-state index is 0.152. The Bertz CT molecular complexity index is 961. The van der Waals surface area contributed by atoms with E-state index in [1.807, 2.05) is 19.1 Å². The van der Waals surface area contributed by atoms with E-state index in [4.69, 9.17) is 16.3 Å². The molecule has 2 N–H and O–H groups in total. The minimum Gasteiger partial charge on any atom is -0.444 e. The zero-order valence-corrected chi connectivity index (χ0v) is 16.5. The Hall–Kier alpha value is -3.38. The van der Waals surface area contributed by atoms with E-state index in [2.05, 4.69) is 15.6 Å². The Balaban J connectivity index is 1.50. The highest BCUT2D eigenvalue weighted by molar-refractivity contribution is 6.30. The highest BCUT2D eigenvalue weighted by Crippen LogP contribution is 2.17. The van der Waals surface area contributed by atoms with Crippen molar-refractivity contribution in [1.82, 2.24) is 10.3 Å². The van der Waals surface area contributed by atoms with Gasteiger partial charge in [-0.15, -0.1) is 0 Å². The third-order valence-corrected chi connectivity index (χ3v) is 4.48. The maximum Gasteiger partial charge on any atom is 0.411 e. The molecule has 0 aliphatic carbocycles. The van der Waals surface area contributed by atoms with Crippen LogP contribution >= 0.6 is 11.6 Å². The third kappa shape index (κ3) is 6.05. The van der Waals surface area contributed by atoms with E-state index >= 15 is 0 Å². The monoisotopic (exact) mass is 409 g/mol. The largest absolute Gasteiger partial charge is 0.444 e. The summed E-state index contributed by atoms with van der Waals surface area (Å²) in [6, 6.07) is 17.4.